The third kappa shape index (κ3) is 5.82. The van der Waals surface area contributed by atoms with E-state index in [2.05, 4.69) is 11.4 Å². The van der Waals surface area contributed by atoms with Gasteiger partial charge in [-0.25, -0.2) is 9.64 Å². The average molecular weight is 335 g/mol. The second-order valence-electron chi connectivity index (χ2n) is 5.65. The predicted molar refractivity (Wildman–Crippen MR) is 98.6 cm³/mol. The van der Waals surface area contributed by atoms with Crippen molar-refractivity contribution in [1.82, 2.24) is 0 Å². The van der Waals surface area contributed by atoms with Gasteiger partial charge in [0.1, 0.15) is 5.75 Å². The summed E-state index contributed by atoms with van der Waals surface area (Å²) in [6.45, 7) is 13.1. The number of carbonyl (C=O) groups excluding carboxylic acids is 1. The molecule has 4 heteroatoms. The molecule has 0 aliphatic carbocycles. The SMILES string of the molecule is [C-]#[N+]c1ccc(-c2ccc(OCCCCOC(=O)C(=C)C)cc2)cc1. The molecule has 0 spiro atoms. The zero-order valence-electron chi connectivity index (χ0n) is 14.3. The first kappa shape index (κ1) is 18.3. The maximum absolute atomic E-state index is 11.2. The van der Waals surface area contributed by atoms with Gasteiger partial charge in [-0.15, -0.1) is 0 Å². The number of unbranched alkanes of at least 4 members (excludes halogenated alkanes) is 1. The highest BCUT2D eigenvalue weighted by Gasteiger charge is 2.02. The second kappa shape index (κ2) is 9.29. The molecule has 2 rings (SSSR count). The summed E-state index contributed by atoms with van der Waals surface area (Å²) in [5.41, 5.74) is 3.20. The average Bonchev–Trinajstić information content (AvgIpc) is 2.65. The van der Waals surface area contributed by atoms with E-state index in [-0.39, 0.29) is 5.97 Å². The summed E-state index contributed by atoms with van der Waals surface area (Å²) in [4.78, 5) is 14.6. The molecule has 2 aromatic carbocycles. The van der Waals surface area contributed by atoms with Crippen molar-refractivity contribution in [1.29, 1.82) is 0 Å². The molecule has 0 saturated heterocycles. The van der Waals surface area contributed by atoms with Crippen molar-refractivity contribution in [2.75, 3.05) is 13.2 Å². The van der Waals surface area contributed by atoms with Gasteiger partial charge in [-0.05, 0) is 43.0 Å². The molecule has 0 saturated carbocycles. The smallest absolute Gasteiger partial charge is 0.333 e. The van der Waals surface area contributed by atoms with Crippen molar-refractivity contribution in [2.24, 2.45) is 0 Å². The first-order chi connectivity index (χ1) is 12.1. The van der Waals surface area contributed by atoms with Crippen molar-refractivity contribution in [3.63, 3.8) is 0 Å². The van der Waals surface area contributed by atoms with Crippen molar-refractivity contribution < 1.29 is 14.3 Å². The van der Waals surface area contributed by atoms with Crippen LogP contribution in [0.15, 0.2) is 60.7 Å². The maximum Gasteiger partial charge on any atom is 0.333 e. The first-order valence-electron chi connectivity index (χ1n) is 8.13. The molecule has 0 unspecified atom stereocenters. The van der Waals surface area contributed by atoms with E-state index < -0.39 is 0 Å². The van der Waals surface area contributed by atoms with Crippen molar-refractivity contribution in [2.45, 2.75) is 19.8 Å². The summed E-state index contributed by atoms with van der Waals surface area (Å²) in [6, 6.07) is 15.4. The number of benzene rings is 2. The van der Waals surface area contributed by atoms with Crippen molar-refractivity contribution in [3.8, 4) is 16.9 Å². The quantitative estimate of drug-likeness (QED) is 0.289. The second-order valence-corrected chi connectivity index (χ2v) is 5.65. The lowest BCUT2D eigenvalue weighted by Crippen LogP contribution is -2.07. The fraction of sp³-hybridized carbons (Fsp3) is 0.238. The normalized spacial score (nSPS) is 9.92. The number of carbonyl (C=O) groups is 1. The van der Waals surface area contributed by atoms with E-state index in [9.17, 15) is 4.79 Å². The predicted octanol–water partition coefficient (Wildman–Crippen LogP) is 5.18. The van der Waals surface area contributed by atoms with Gasteiger partial charge in [0.15, 0.2) is 5.69 Å². The van der Waals surface area contributed by atoms with Gasteiger partial charge in [0.2, 0.25) is 0 Å². The Hall–Kier alpha value is -3.06. The van der Waals surface area contributed by atoms with Gasteiger partial charge in [0.05, 0.1) is 19.8 Å². The van der Waals surface area contributed by atoms with Gasteiger partial charge in [-0.2, -0.15) is 0 Å². The lowest BCUT2D eigenvalue weighted by Gasteiger charge is -2.08. The summed E-state index contributed by atoms with van der Waals surface area (Å²) in [5.74, 6) is 0.460. The zero-order chi connectivity index (χ0) is 18.1. The lowest BCUT2D eigenvalue weighted by molar-refractivity contribution is -0.139. The largest absolute Gasteiger partial charge is 0.494 e. The van der Waals surface area contributed by atoms with Crippen LogP contribution in [-0.2, 0) is 9.53 Å². The molecule has 0 aliphatic rings. The number of hydrogen-bond donors (Lipinski definition) is 0. The van der Waals surface area contributed by atoms with Crippen LogP contribution in [0, 0.1) is 6.57 Å². The highest BCUT2D eigenvalue weighted by molar-refractivity contribution is 5.86. The van der Waals surface area contributed by atoms with Crippen LogP contribution >= 0.6 is 0 Å². The molecule has 128 valence electrons. The summed E-state index contributed by atoms with van der Waals surface area (Å²) in [5, 5.41) is 0. The summed E-state index contributed by atoms with van der Waals surface area (Å²) < 4.78 is 10.7. The van der Waals surface area contributed by atoms with Crippen LogP contribution in [0.3, 0.4) is 0 Å². The first-order valence-corrected chi connectivity index (χ1v) is 8.13. The Labute approximate surface area is 148 Å². The molecule has 0 radical (unpaired) electrons. The van der Waals surface area contributed by atoms with Crippen LogP contribution in [0.5, 0.6) is 5.75 Å². The number of rotatable bonds is 8. The molecule has 0 heterocycles. The maximum atomic E-state index is 11.2. The Bertz CT molecular complexity index is 755. The Morgan fingerprint density at radius 2 is 1.56 bits per heavy atom. The van der Waals surface area contributed by atoms with Crippen LogP contribution in [0.2, 0.25) is 0 Å². The number of esters is 1. The van der Waals surface area contributed by atoms with E-state index in [1.165, 1.54) is 0 Å². The molecule has 0 bridgehead atoms. The number of ether oxygens (including phenoxy) is 2. The van der Waals surface area contributed by atoms with Gasteiger partial charge in [-0.3, -0.25) is 0 Å². The van der Waals surface area contributed by atoms with Gasteiger partial charge in [0.25, 0.3) is 0 Å². The minimum Gasteiger partial charge on any atom is -0.494 e. The molecular weight excluding hydrogens is 314 g/mol. The van der Waals surface area contributed by atoms with Crippen LogP contribution in [0.1, 0.15) is 19.8 Å². The van der Waals surface area contributed by atoms with E-state index >= 15 is 0 Å². The minimum absolute atomic E-state index is 0.346. The van der Waals surface area contributed by atoms with E-state index in [0.717, 1.165) is 29.7 Å². The number of hydrogen-bond acceptors (Lipinski definition) is 3. The fourth-order valence-electron chi connectivity index (χ4n) is 2.15. The highest BCUT2D eigenvalue weighted by Crippen LogP contribution is 2.24. The zero-order valence-corrected chi connectivity index (χ0v) is 14.3. The van der Waals surface area contributed by atoms with E-state index in [1.54, 1.807) is 6.92 Å². The Morgan fingerprint density at radius 3 is 2.12 bits per heavy atom. The molecule has 0 aliphatic heterocycles. The lowest BCUT2D eigenvalue weighted by atomic mass is 10.1. The summed E-state index contributed by atoms with van der Waals surface area (Å²) in [6.07, 6.45) is 1.56. The molecule has 0 amide bonds. The van der Waals surface area contributed by atoms with Crippen LogP contribution in [-0.4, -0.2) is 19.2 Å². The summed E-state index contributed by atoms with van der Waals surface area (Å²) in [7, 11) is 0. The molecular formula is C21H21NO3. The van der Waals surface area contributed by atoms with Crippen LogP contribution in [0.25, 0.3) is 16.0 Å². The van der Waals surface area contributed by atoms with Gasteiger partial charge < -0.3 is 9.47 Å². The number of nitrogens with zero attached hydrogens (tertiary/aromatic N) is 1. The molecule has 25 heavy (non-hydrogen) atoms. The minimum atomic E-state index is -0.346. The molecule has 0 N–H and O–H groups in total. The Morgan fingerprint density at radius 1 is 1.00 bits per heavy atom. The van der Waals surface area contributed by atoms with Crippen molar-refractivity contribution in [3.05, 3.63) is 72.1 Å². The molecule has 2 aromatic rings. The monoisotopic (exact) mass is 335 g/mol. The topological polar surface area (TPSA) is 39.9 Å². The van der Waals surface area contributed by atoms with Crippen LogP contribution < -0.4 is 4.74 Å². The van der Waals surface area contributed by atoms with Crippen molar-refractivity contribution >= 4 is 11.7 Å². The third-order valence-corrected chi connectivity index (χ3v) is 3.57. The van der Waals surface area contributed by atoms with E-state index in [0.29, 0.717) is 24.5 Å². The Balaban J connectivity index is 1.74. The molecule has 0 fully saturated rings. The van der Waals surface area contributed by atoms with Gasteiger partial charge in [0, 0.05) is 5.57 Å². The molecule has 0 atom stereocenters. The molecule has 4 nitrogen and oxygen atoms in total. The fourth-order valence-corrected chi connectivity index (χ4v) is 2.15. The van der Waals surface area contributed by atoms with Gasteiger partial charge >= 0.3 is 5.97 Å². The summed E-state index contributed by atoms with van der Waals surface area (Å²) >= 11 is 0. The van der Waals surface area contributed by atoms with E-state index in [1.807, 2.05) is 48.5 Å². The van der Waals surface area contributed by atoms with Gasteiger partial charge in [-0.1, -0.05) is 43.0 Å². The highest BCUT2D eigenvalue weighted by atomic mass is 16.5. The standard InChI is InChI=1S/C21H21NO3/c1-16(2)21(23)25-15-5-4-14-24-20-12-8-18(9-13-20)17-6-10-19(22-3)11-7-17/h6-13H,1,4-5,14-15H2,2H3. The molecule has 0 aromatic heterocycles. The third-order valence-electron chi connectivity index (χ3n) is 3.57. The Kier molecular flexibility index (Phi) is 6.79. The van der Waals surface area contributed by atoms with Crippen LogP contribution in [0.4, 0.5) is 5.69 Å². The van der Waals surface area contributed by atoms with E-state index in [4.69, 9.17) is 16.0 Å².